The molecule has 2 rings (SSSR count). The molecule has 3 N–H and O–H groups in total. The molecule has 0 aliphatic heterocycles. The normalized spacial score (nSPS) is 10.1. The zero-order valence-corrected chi connectivity index (χ0v) is 8.57. The van der Waals surface area contributed by atoms with Crippen LogP contribution >= 0.6 is 0 Å². The molecular formula is C10H10N4O2. The maximum atomic E-state index is 11.6. The van der Waals surface area contributed by atoms with Crippen LogP contribution in [0.5, 0.6) is 0 Å². The number of hydrogen-bond acceptors (Lipinski definition) is 3. The number of hydrogen-bond donors (Lipinski definition) is 3. The summed E-state index contributed by atoms with van der Waals surface area (Å²) < 4.78 is 0. The summed E-state index contributed by atoms with van der Waals surface area (Å²) >= 11 is 0. The lowest BCUT2D eigenvalue weighted by atomic mass is 10.3. The first-order chi connectivity index (χ1) is 7.66. The summed E-state index contributed by atoms with van der Waals surface area (Å²) in [5, 5.41) is 7.36. The molecule has 0 aliphatic rings. The second kappa shape index (κ2) is 4.01. The van der Waals surface area contributed by atoms with Gasteiger partial charge in [0.25, 0.3) is 11.5 Å². The summed E-state index contributed by atoms with van der Waals surface area (Å²) in [4.78, 5) is 26.5. The number of rotatable bonds is 2. The maximum absolute atomic E-state index is 11.6. The second-order valence-corrected chi connectivity index (χ2v) is 3.30. The molecule has 82 valence electrons. The third-order valence-electron chi connectivity index (χ3n) is 2.08. The fourth-order valence-electron chi connectivity index (χ4n) is 1.25. The molecule has 0 spiro atoms. The lowest BCUT2D eigenvalue weighted by Gasteiger charge is -2.04. The summed E-state index contributed by atoms with van der Waals surface area (Å²) in [6.07, 6.45) is 1.59. The molecule has 0 atom stereocenters. The van der Waals surface area contributed by atoms with E-state index >= 15 is 0 Å². The SMILES string of the molecule is Cc1cccnc1NC(=O)c1cc(=O)[nH][nH]1. The van der Waals surface area contributed by atoms with Crippen LogP contribution in [0.15, 0.2) is 29.2 Å². The fraction of sp³-hybridized carbons (Fsp3) is 0.100. The van der Waals surface area contributed by atoms with Crippen molar-refractivity contribution in [3.05, 3.63) is 46.0 Å². The summed E-state index contributed by atoms with van der Waals surface area (Å²) in [6.45, 7) is 1.84. The molecule has 0 bridgehead atoms. The lowest BCUT2D eigenvalue weighted by molar-refractivity contribution is 0.102. The Kier molecular flexibility index (Phi) is 2.55. The Morgan fingerprint density at radius 2 is 2.25 bits per heavy atom. The van der Waals surface area contributed by atoms with Gasteiger partial charge in [-0.2, -0.15) is 0 Å². The average molecular weight is 218 g/mol. The van der Waals surface area contributed by atoms with Crippen LogP contribution in [0.2, 0.25) is 0 Å². The van der Waals surface area contributed by atoms with E-state index < -0.39 is 5.91 Å². The Hall–Kier alpha value is -2.37. The van der Waals surface area contributed by atoms with E-state index in [0.29, 0.717) is 5.82 Å². The molecule has 6 nitrogen and oxygen atoms in total. The van der Waals surface area contributed by atoms with Gasteiger partial charge in [-0.3, -0.25) is 19.8 Å². The molecular weight excluding hydrogens is 208 g/mol. The Morgan fingerprint density at radius 1 is 1.44 bits per heavy atom. The molecule has 0 saturated carbocycles. The highest BCUT2D eigenvalue weighted by molar-refractivity contribution is 6.02. The van der Waals surface area contributed by atoms with Gasteiger partial charge in [0.05, 0.1) is 0 Å². The monoisotopic (exact) mass is 218 g/mol. The highest BCUT2D eigenvalue weighted by Crippen LogP contribution is 2.09. The second-order valence-electron chi connectivity index (χ2n) is 3.30. The van der Waals surface area contributed by atoms with E-state index in [-0.39, 0.29) is 11.3 Å². The zero-order valence-electron chi connectivity index (χ0n) is 8.57. The number of carbonyl (C=O) groups is 1. The van der Waals surface area contributed by atoms with Crippen LogP contribution < -0.4 is 10.9 Å². The predicted molar refractivity (Wildman–Crippen MR) is 58.3 cm³/mol. The number of anilines is 1. The van der Waals surface area contributed by atoms with Gasteiger partial charge < -0.3 is 5.32 Å². The largest absolute Gasteiger partial charge is 0.305 e. The van der Waals surface area contributed by atoms with Gasteiger partial charge in [-0.1, -0.05) is 6.07 Å². The van der Waals surface area contributed by atoms with Crippen molar-refractivity contribution in [3.8, 4) is 0 Å². The van der Waals surface area contributed by atoms with Gasteiger partial charge in [0.1, 0.15) is 11.5 Å². The number of aromatic amines is 2. The molecule has 0 radical (unpaired) electrons. The number of nitrogens with zero attached hydrogens (tertiary/aromatic N) is 1. The van der Waals surface area contributed by atoms with E-state index in [1.54, 1.807) is 12.3 Å². The zero-order chi connectivity index (χ0) is 11.5. The van der Waals surface area contributed by atoms with E-state index in [1.165, 1.54) is 6.07 Å². The minimum absolute atomic E-state index is 0.176. The fourth-order valence-corrected chi connectivity index (χ4v) is 1.25. The third-order valence-corrected chi connectivity index (χ3v) is 2.08. The van der Waals surface area contributed by atoms with Crippen LogP contribution in [-0.4, -0.2) is 21.1 Å². The van der Waals surface area contributed by atoms with Crippen molar-refractivity contribution < 1.29 is 4.79 Å². The minimum atomic E-state index is -0.403. The Balaban J connectivity index is 2.20. The third kappa shape index (κ3) is 2.00. The van der Waals surface area contributed by atoms with Crippen LogP contribution in [0.1, 0.15) is 16.1 Å². The number of pyridine rings is 1. The number of aromatic nitrogens is 3. The van der Waals surface area contributed by atoms with Crippen LogP contribution in [-0.2, 0) is 0 Å². The van der Waals surface area contributed by atoms with Gasteiger partial charge >= 0.3 is 0 Å². The Bertz CT molecular complexity index is 570. The van der Waals surface area contributed by atoms with Crippen LogP contribution in [0.4, 0.5) is 5.82 Å². The molecule has 0 unspecified atom stereocenters. The van der Waals surface area contributed by atoms with E-state index in [9.17, 15) is 9.59 Å². The van der Waals surface area contributed by atoms with Crippen molar-refractivity contribution in [3.63, 3.8) is 0 Å². The molecule has 2 heterocycles. The van der Waals surface area contributed by atoms with Crippen LogP contribution in [0, 0.1) is 6.92 Å². The summed E-state index contributed by atoms with van der Waals surface area (Å²) in [7, 11) is 0. The van der Waals surface area contributed by atoms with E-state index in [1.807, 2.05) is 13.0 Å². The molecule has 0 aromatic carbocycles. The van der Waals surface area contributed by atoms with Crippen molar-refractivity contribution in [1.29, 1.82) is 0 Å². The summed E-state index contributed by atoms with van der Waals surface area (Å²) in [5.41, 5.74) is 0.687. The quantitative estimate of drug-likeness (QED) is 0.691. The Labute approximate surface area is 90.7 Å². The summed E-state index contributed by atoms with van der Waals surface area (Å²) in [6, 6.07) is 4.80. The molecule has 6 heteroatoms. The van der Waals surface area contributed by atoms with Gasteiger partial charge in [0, 0.05) is 12.3 Å². The first-order valence-electron chi connectivity index (χ1n) is 4.67. The van der Waals surface area contributed by atoms with Crippen molar-refractivity contribution in [2.45, 2.75) is 6.92 Å². The standard InChI is InChI=1S/C10H10N4O2/c1-6-3-2-4-11-9(6)12-10(16)7-5-8(15)14-13-7/h2-5H,1H3,(H,11,12,16)(H2,13,14,15). The highest BCUT2D eigenvalue weighted by atomic mass is 16.2. The molecule has 2 aromatic rings. The Morgan fingerprint density at radius 3 is 2.88 bits per heavy atom. The first kappa shape index (κ1) is 10.2. The van der Waals surface area contributed by atoms with Crippen molar-refractivity contribution in [1.82, 2.24) is 15.2 Å². The number of aryl methyl sites for hydroxylation is 1. The number of amides is 1. The van der Waals surface area contributed by atoms with E-state index in [4.69, 9.17) is 0 Å². The molecule has 16 heavy (non-hydrogen) atoms. The maximum Gasteiger partial charge on any atom is 0.274 e. The molecule has 0 fully saturated rings. The van der Waals surface area contributed by atoms with Gasteiger partial charge in [-0.15, -0.1) is 0 Å². The molecule has 2 aromatic heterocycles. The summed E-state index contributed by atoms with van der Waals surface area (Å²) in [5.74, 6) is 0.0784. The molecule has 1 amide bonds. The number of H-pyrrole nitrogens is 2. The van der Waals surface area contributed by atoms with Gasteiger partial charge in [0.15, 0.2) is 0 Å². The lowest BCUT2D eigenvalue weighted by Crippen LogP contribution is -2.14. The number of nitrogens with one attached hydrogen (secondary N) is 3. The number of carbonyl (C=O) groups excluding carboxylic acids is 1. The first-order valence-corrected chi connectivity index (χ1v) is 4.67. The topological polar surface area (TPSA) is 90.6 Å². The van der Waals surface area contributed by atoms with Crippen molar-refractivity contribution in [2.24, 2.45) is 0 Å². The molecule has 0 aliphatic carbocycles. The van der Waals surface area contributed by atoms with Crippen molar-refractivity contribution >= 4 is 11.7 Å². The van der Waals surface area contributed by atoms with Crippen LogP contribution in [0.3, 0.4) is 0 Å². The minimum Gasteiger partial charge on any atom is -0.305 e. The van der Waals surface area contributed by atoms with Crippen LogP contribution in [0.25, 0.3) is 0 Å². The highest BCUT2D eigenvalue weighted by Gasteiger charge is 2.09. The van der Waals surface area contributed by atoms with Gasteiger partial charge in [0.2, 0.25) is 0 Å². The van der Waals surface area contributed by atoms with Gasteiger partial charge in [-0.25, -0.2) is 4.98 Å². The van der Waals surface area contributed by atoms with E-state index in [0.717, 1.165) is 5.56 Å². The van der Waals surface area contributed by atoms with E-state index in [2.05, 4.69) is 20.5 Å². The predicted octanol–water partition coefficient (Wildman–Crippen LogP) is 0.659. The van der Waals surface area contributed by atoms with Gasteiger partial charge in [-0.05, 0) is 18.6 Å². The molecule has 0 saturated heterocycles. The smallest absolute Gasteiger partial charge is 0.274 e. The van der Waals surface area contributed by atoms with Crippen molar-refractivity contribution in [2.75, 3.05) is 5.32 Å². The average Bonchev–Trinajstić information content (AvgIpc) is 2.68.